The molecule has 18 heavy (non-hydrogen) atoms. The lowest BCUT2D eigenvalue weighted by atomic mass is 10.3. The summed E-state index contributed by atoms with van der Waals surface area (Å²) in [6, 6.07) is 1.75. The van der Waals surface area contributed by atoms with Crippen molar-refractivity contribution in [2.75, 3.05) is 6.61 Å². The van der Waals surface area contributed by atoms with Crippen molar-refractivity contribution in [1.82, 2.24) is 14.5 Å². The molecule has 0 aromatic carbocycles. The second kappa shape index (κ2) is 4.94. The van der Waals surface area contributed by atoms with Gasteiger partial charge in [0.25, 0.3) is 0 Å². The third kappa shape index (κ3) is 2.06. The van der Waals surface area contributed by atoms with Crippen LogP contribution in [0.4, 0.5) is 0 Å². The number of ether oxygens (including phenoxy) is 1. The van der Waals surface area contributed by atoms with Gasteiger partial charge < -0.3 is 9.30 Å². The van der Waals surface area contributed by atoms with Crippen LogP contribution < -0.4 is 0 Å². The van der Waals surface area contributed by atoms with Gasteiger partial charge >= 0.3 is 5.97 Å². The lowest BCUT2D eigenvalue weighted by Gasteiger charge is -2.12. The molecule has 0 spiro atoms. The monoisotopic (exact) mass is 267 g/mol. The van der Waals surface area contributed by atoms with E-state index in [-0.39, 0.29) is 12.0 Å². The number of rotatable bonds is 3. The highest BCUT2D eigenvalue weighted by molar-refractivity contribution is 6.34. The van der Waals surface area contributed by atoms with E-state index in [9.17, 15) is 4.79 Å². The molecule has 2 heterocycles. The molecule has 0 aliphatic carbocycles. The Morgan fingerprint density at radius 3 is 2.83 bits per heavy atom. The van der Waals surface area contributed by atoms with Gasteiger partial charge in [-0.25, -0.2) is 14.8 Å². The smallest absolute Gasteiger partial charge is 0.355 e. The second-order valence-electron chi connectivity index (χ2n) is 4.12. The van der Waals surface area contributed by atoms with Gasteiger partial charge in [0, 0.05) is 6.04 Å². The van der Waals surface area contributed by atoms with Gasteiger partial charge in [-0.3, -0.25) is 0 Å². The molecule has 2 rings (SSSR count). The Labute approximate surface area is 110 Å². The maximum Gasteiger partial charge on any atom is 0.355 e. The van der Waals surface area contributed by atoms with E-state index in [1.54, 1.807) is 17.6 Å². The minimum atomic E-state index is -0.375. The molecule has 0 atom stereocenters. The van der Waals surface area contributed by atoms with Gasteiger partial charge in [0.1, 0.15) is 22.8 Å². The lowest BCUT2D eigenvalue weighted by Crippen LogP contribution is -2.14. The average Bonchev–Trinajstić information content (AvgIpc) is 2.70. The van der Waals surface area contributed by atoms with E-state index in [0.717, 1.165) is 0 Å². The fourth-order valence-electron chi connectivity index (χ4n) is 1.89. The molecule has 96 valence electrons. The first-order valence-corrected chi connectivity index (χ1v) is 6.12. The lowest BCUT2D eigenvalue weighted by molar-refractivity contribution is 0.0512. The summed E-state index contributed by atoms with van der Waals surface area (Å²) in [6.45, 7) is 6.04. The maximum atomic E-state index is 11.9. The van der Waals surface area contributed by atoms with Gasteiger partial charge in [0.05, 0.1) is 12.0 Å². The Balaban J connectivity index is 2.69. The highest BCUT2D eigenvalue weighted by atomic mass is 35.5. The molecular formula is C12H14ClN3O2. The van der Waals surface area contributed by atoms with Crippen LogP contribution in [-0.4, -0.2) is 27.1 Å². The van der Waals surface area contributed by atoms with Crippen LogP contribution in [-0.2, 0) is 4.74 Å². The van der Waals surface area contributed by atoms with E-state index in [1.165, 1.54) is 6.33 Å². The van der Waals surface area contributed by atoms with Crippen molar-refractivity contribution in [2.45, 2.75) is 26.8 Å². The topological polar surface area (TPSA) is 57.0 Å². The van der Waals surface area contributed by atoms with Crippen LogP contribution in [0.15, 0.2) is 12.4 Å². The first kappa shape index (κ1) is 12.8. The van der Waals surface area contributed by atoms with Crippen LogP contribution >= 0.6 is 11.6 Å². The summed E-state index contributed by atoms with van der Waals surface area (Å²) in [5.74, 6) is -0.375. The zero-order valence-electron chi connectivity index (χ0n) is 10.5. The molecular weight excluding hydrogens is 254 g/mol. The van der Waals surface area contributed by atoms with E-state index < -0.39 is 0 Å². The Bertz CT molecular complexity index is 592. The fraction of sp³-hybridized carbons (Fsp3) is 0.417. The molecule has 6 heteroatoms. The van der Waals surface area contributed by atoms with Crippen molar-refractivity contribution in [3.63, 3.8) is 0 Å². The third-order valence-electron chi connectivity index (χ3n) is 2.58. The highest BCUT2D eigenvalue weighted by Crippen LogP contribution is 2.26. The number of carbonyl (C=O) groups is 1. The standard InChI is InChI=1S/C12H14ClN3O2/c1-4-18-12(17)9-5-8-10(13)14-6-15-11(8)16(9)7(2)3/h5-7H,4H2,1-3H3. The van der Waals surface area contributed by atoms with E-state index in [4.69, 9.17) is 16.3 Å². The van der Waals surface area contributed by atoms with Crippen molar-refractivity contribution in [2.24, 2.45) is 0 Å². The summed E-state index contributed by atoms with van der Waals surface area (Å²) < 4.78 is 6.84. The molecule has 0 amide bonds. The molecule has 0 fully saturated rings. The fourth-order valence-corrected chi connectivity index (χ4v) is 2.07. The van der Waals surface area contributed by atoms with Gasteiger partial charge in [-0.05, 0) is 26.8 Å². The summed E-state index contributed by atoms with van der Waals surface area (Å²) in [6.07, 6.45) is 1.39. The normalized spacial score (nSPS) is 11.2. The number of carbonyl (C=O) groups excluding carboxylic acids is 1. The van der Waals surface area contributed by atoms with Crippen LogP contribution in [0.1, 0.15) is 37.3 Å². The number of halogens is 1. The SMILES string of the molecule is CCOC(=O)c1cc2c(Cl)ncnc2n1C(C)C. The molecule has 0 aliphatic rings. The zero-order chi connectivity index (χ0) is 13.3. The Hall–Kier alpha value is -1.62. The third-order valence-corrected chi connectivity index (χ3v) is 2.89. The minimum Gasteiger partial charge on any atom is -0.461 e. The Kier molecular flexibility index (Phi) is 3.52. The van der Waals surface area contributed by atoms with Gasteiger partial charge in [0.2, 0.25) is 0 Å². The van der Waals surface area contributed by atoms with E-state index in [2.05, 4.69) is 9.97 Å². The molecule has 0 unspecified atom stereocenters. The van der Waals surface area contributed by atoms with E-state index in [1.807, 2.05) is 13.8 Å². The summed E-state index contributed by atoms with van der Waals surface area (Å²) in [7, 11) is 0. The van der Waals surface area contributed by atoms with Gasteiger partial charge in [-0.1, -0.05) is 11.6 Å². The van der Waals surface area contributed by atoms with Crippen molar-refractivity contribution in [1.29, 1.82) is 0 Å². The molecule has 0 radical (unpaired) electrons. The van der Waals surface area contributed by atoms with Gasteiger partial charge in [0.15, 0.2) is 0 Å². The van der Waals surface area contributed by atoms with Crippen LogP contribution in [0.5, 0.6) is 0 Å². The van der Waals surface area contributed by atoms with Crippen molar-refractivity contribution in [3.05, 3.63) is 23.2 Å². The summed E-state index contributed by atoms with van der Waals surface area (Å²) in [4.78, 5) is 20.0. The number of hydrogen-bond donors (Lipinski definition) is 0. The number of nitrogens with zero attached hydrogens (tertiary/aromatic N) is 3. The molecule has 0 N–H and O–H groups in total. The zero-order valence-corrected chi connectivity index (χ0v) is 11.2. The molecule has 2 aromatic heterocycles. The van der Waals surface area contributed by atoms with E-state index in [0.29, 0.717) is 28.5 Å². The highest BCUT2D eigenvalue weighted by Gasteiger charge is 2.20. The van der Waals surface area contributed by atoms with Gasteiger partial charge in [-0.15, -0.1) is 0 Å². The molecule has 0 saturated heterocycles. The van der Waals surface area contributed by atoms with Crippen molar-refractivity contribution < 1.29 is 9.53 Å². The quantitative estimate of drug-likeness (QED) is 0.634. The molecule has 0 aliphatic heterocycles. The van der Waals surface area contributed by atoms with E-state index >= 15 is 0 Å². The largest absolute Gasteiger partial charge is 0.461 e. The number of hydrogen-bond acceptors (Lipinski definition) is 4. The van der Waals surface area contributed by atoms with Crippen LogP contribution in [0.2, 0.25) is 5.15 Å². The number of fused-ring (bicyclic) bond motifs is 1. The van der Waals surface area contributed by atoms with Crippen LogP contribution in [0, 0.1) is 0 Å². The second-order valence-corrected chi connectivity index (χ2v) is 4.47. The summed E-state index contributed by atoms with van der Waals surface area (Å²) in [5.41, 5.74) is 1.09. The predicted octanol–water partition coefficient (Wildman–Crippen LogP) is 2.84. The number of aromatic nitrogens is 3. The first-order chi connectivity index (χ1) is 8.56. The predicted molar refractivity (Wildman–Crippen MR) is 68.9 cm³/mol. The van der Waals surface area contributed by atoms with Crippen molar-refractivity contribution in [3.8, 4) is 0 Å². The van der Waals surface area contributed by atoms with Crippen LogP contribution in [0.25, 0.3) is 11.0 Å². The molecule has 0 bridgehead atoms. The van der Waals surface area contributed by atoms with Crippen molar-refractivity contribution >= 4 is 28.6 Å². The molecule has 5 nitrogen and oxygen atoms in total. The first-order valence-electron chi connectivity index (χ1n) is 5.74. The number of esters is 1. The Morgan fingerprint density at radius 1 is 1.50 bits per heavy atom. The summed E-state index contributed by atoms with van der Waals surface area (Å²) >= 11 is 6.01. The molecule has 0 saturated carbocycles. The Morgan fingerprint density at radius 2 is 2.22 bits per heavy atom. The summed E-state index contributed by atoms with van der Waals surface area (Å²) in [5, 5.41) is 1.00. The maximum absolute atomic E-state index is 11.9. The van der Waals surface area contributed by atoms with Gasteiger partial charge in [-0.2, -0.15) is 0 Å². The minimum absolute atomic E-state index is 0.0767. The van der Waals surface area contributed by atoms with Crippen LogP contribution in [0.3, 0.4) is 0 Å². The average molecular weight is 268 g/mol. The molecule has 2 aromatic rings.